The third-order valence-electron chi connectivity index (χ3n) is 0.520. The van der Waals surface area contributed by atoms with Crippen LogP contribution in [-0.2, 0) is 0 Å². The van der Waals surface area contributed by atoms with Crippen molar-refractivity contribution in [3.8, 4) is 0 Å². The minimum absolute atomic E-state index is 0.819. The van der Waals surface area contributed by atoms with Crippen LogP contribution in [0.2, 0.25) is 0 Å². The summed E-state index contributed by atoms with van der Waals surface area (Å²) in [6.07, 6.45) is 1.95. The quantitative estimate of drug-likeness (QED) is 0.276. The number of nitrogens with zero attached hydrogens (tertiary/aromatic N) is 1. The molecule has 0 amide bonds. The van der Waals surface area contributed by atoms with Gasteiger partial charge in [-0.15, -0.1) is 0 Å². The van der Waals surface area contributed by atoms with Crippen molar-refractivity contribution >= 4 is 27.9 Å². The van der Waals surface area contributed by atoms with Crippen LogP contribution in [0.25, 0.3) is 0 Å². The van der Waals surface area contributed by atoms with E-state index in [1.165, 1.54) is 0 Å². The highest BCUT2D eigenvalue weighted by Crippen LogP contribution is 1.99. The van der Waals surface area contributed by atoms with Crippen LogP contribution in [0.4, 0.5) is 0 Å². The predicted molar refractivity (Wildman–Crippen MR) is 36.5 cm³/mol. The van der Waals surface area contributed by atoms with E-state index in [9.17, 15) is 0 Å². The first-order valence-electron chi connectivity index (χ1n) is 1.92. The first-order chi connectivity index (χ1) is 3.18. The lowest BCUT2D eigenvalue weighted by Crippen LogP contribution is -2.01. The zero-order valence-corrected chi connectivity index (χ0v) is 6.31. The molecule has 0 aliphatic carbocycles. The van der Waals surface area contributed by atoms with Crippen molar-refractivity contribution in [2.45, 2.75) is 0 Å². The zero-order chi connectivity index (χ0) is 5.86. The highest BCUT2D eigenvalue weighted by Gasteiger charge is 1.96. The first kappa shape index (κ1) is 7.31. The normalized spacial score (nSPS) is 8.57. The molecule has 0 unspecified atom stereocenters. The third kappa shape index (κ3) is 2.94. The number of rotatable bonds is 0. The van der Waals surface area contributed by atoms with E-state index in [4.69, 9.17) is 11.6 Å². The van der Waals surface area contributed by atoms with E-state index in [2.05, 4.69) is 0 Å². The largest absolute Gasteiger partial charge is 0.304 e. The molecule has 0 N–H and O–H groups in total. The van der Waals surface area contributed by atoms with Crippen molar-refractivity contribution < 1.29 is 4.58 Å². The van der Waals surface area contributed by atoms with Crippen LogP contribution in [0, 0.1) is 0 Å². The van der Waals surface area contributed by atoms with Crippen LogP contribution in [0.15, 0.2) is 0 Å². The summed E-state index contributed by atoms with van der Waals surface area (Å²) in [4.78, 5) is 0. The molecule has 3 heteroatoms. The van der Waals surface area contributed by atoms with Gasteiger partial charge in [-0.05, 0) is 29.6 Å². The molecule has 0 atom stereocenters. The molecule has 0 saturated carbocycles. The summed E-state index contributed by atoms with van der Waals surface area (Å²) in [7, 11) is 3.83. The summed E-state index contributed by atoms with van der Waals surface area (Å²) in [6, 6.07) is 0. The molecule has 0 rings (SSSR count). The van der Waals surface area contributed by atoms with E-state index in [1.807, 2.05) is 24.9 Å². The Morgan fingerprint density at radius 2 is 2.00 bits per heavy atom. The molecule has 0 aromatic rings. The average molecular weight is 139 g/mol. The van der Waals surface area contributed by atoms with Crippen LogP contribution < -0.4 is 0 Å². The Morgan fingerprint density at radius 1 is 1.57 bits per heavy atom. The molecular formula is C4H9ClNS+. The molecule has 0 heterocycles. The molecule has 0 aliphatic rings. The van der Waals surface area contributed by atoms with Gasteiger partial charge in [-0.2, -0.15) is 0 Å². The van der Waals surface area contributed by atoms with Gasteiger partial charge in [0.15, 0.2) is 0 Å². The molecule has 0 aliphatic heterocycles. The van der Waals surface area contributed by atoms with Gasteiger partial charge in [-0.3, -0.25) is 0 Å². The molecule has 0 bridgehead atoms. The van der Waals surface area contributed by atoms with Crippen molar-refractivity contribution in [2.75, 3.05) is 20.4 Å². The summed E-state index contributed by atoms with van der Waals surface area (Å²) < 4.78 is 2.69. The number of hydrogen-bond acceptors (Lipinski definition) is 1. The number of hydrogen-bond donors (Lipinski definition) is 0. The maximum Gasteiger partial charge on any atom is 0.304 e. The van der Waals surface area contributed by atoms with Crippen molar-refractivity contribution in [1.82, 2.24) is 0 Å². The molecule has 0 radical (unpaired) electrons. The lowest BCUT2D eigenvalue weighted by Gasteiger charge is -1.85. The second-order valence-electron chi connectivity index (χ2n) is 1.35. The van der Waals surface area contributed by atoms with Gasteiger partial charge in [-0.1, -0.05) is 0 Å². The molecule has 0 saturated heterocycles. The fraction of sp³-hybridized carbons (Fsp3) is 0.750. The minimum Gasteiger partial charge on any atom is -0.220 e. The Morgan fingerprint density at radius 3 is 2.00 bits per heavy atom. The topological polar surface area (TPSA) is 3.01 Å². The van der Waals surface area contributed by atoms with Gasteiger partial charge >= 0.3 is 4.50 Å². The van der Waals surface area contributed by atoms with Gasteiger partial charge in [0.1, 0.15) is 14.1 Å². The van der Waals surface area contributed by atoms with Crippen molar-refractivity contribution in [1.29, 1.82) is 0 Å². The van der Waals surface area contributed by atoms with Gasteiger partial charge in [0.05, 0.1) is 0 Å². The molecule has 42 valence electrons. The van der Waals surface area contributed by atoms with Crippen LogP contribution in [0.5, 0.6) is 0 Å². The van der Waals surface area contributed by atoms with Crippen LogP contribution in [-0.4, -0.2) is 29.4 Å². The fourth-order valence-electron chi connectivity index (χ4n) is 0.183. The Hall–Kier alpha value is 0.310. The molecule has 7 heavy (non-hydrogen) atoms. The van der Waals surface area contributed by atoms with Crippen molar-refractivity contribution in [3.05, 3.63) is 0 Å². The lowest BCUT2D eigenvalue weighted by molar-refractivity contribution is -0.459. The smallest absolute Gasteiger partial charge is 0.220 e. The summed E-state index contributed by atoms with van der Waals surface area (Å²) >= 11 is 7.15. The van der Waals surface area contributed by atoms with Gasteiger partial charge in [0.2, 0.25) is 0 Å². The molecule has 0 aromatic carbocycles. The first-order valence-corrected chi connectivity index (χ1v) is 3.52. The predicted octanol–water partition coefficient (Wildman–Crippen LogP) is 1.22. The third-order valence-corrected chi connectivity index (χ3v) is 2.02. The van der Waals surface area contributed by atoms with Crippen molar-refractivity contribution in [2.24, 2.45) is 0 Å². The van der Waals surface area contributed by atoms with Gasteiger partial charge in [0.25, 0.3) is 0 Å². The van der Waals surface area contributed by atoms with Gasteiger partial charge in [0, 0.05) is 0 Å². The second kappa shape index (κ2) is 3.33. The lowest BCUT2D eigenvalue weighted by atomic mass is 11.1. The number of halogens is 1. The maximum absolute atomic E-state index is 5.61. The van der Waals surface area contributed by atoms with E-state index in [0.717, 1.165) is 4.50 Å². The minimum atomic E-state index is 0.819. The van der Waals surface area contributed by atoms with E-state index >= 15 is 0 Å². The highest BCUT2D eigenvalue weighted by atomic mass is 35.5. The molecule has 0 fully saturated rings. The second-order valence-corrected chi connectivity index (χ2v) is 2.73. The standard InChI is InChI=1S/C4H9ClNS/c1-6(2)4(5)7-3/h1-3H3/q+1. The average Bonchev–Trinajstić information content (AvgIpc) is 1.65. The summed E-state index contributed by atoms with van der Waals surface area (Å²) in [5.41, 5.74) is 0. The van der Waals surface area contributed by atoms with E-state index < -0.39 is 0 Å². The molecular weight excluding hydrogens is 130 g/mol. The SMILES string of the molecule is CSC(Cl)=[N+](C)C. The van der Waals surface area contributed by atoms with E-state index in [1.54, 1.807) is 11.8 Å². The Bertz CT molecular complexity index is 85.7. The van der Waals surface area contributed by atoms with Gasteiger partial charge in [-0.25, -0.2) is 4.58 Å². The maximum atomic E-state index is 5.61. The fourth-order valence-corrected chi connectivity index (χ4v) is 0.548. The van der Waals surface area contributed by atoms with E-state index in [-0.39, 0.29) is 0 Å². The van der Waals surface area contributed by atoms with Crippen molar-refractivity contribution in [3.63, 3.8) is 0 Å². The van der Waals surface area contributed by atoms with Gasteiger partial charge < -0.3 is 0 Å². The van der Waals surface area contributed by atoms with Crippen LogP contribution in [0.3, 0.4) is 0 Å². The number of thioether (sulfide) groups is 1. The monoisotopic (exact) mass is 138 g/mol. The Labute approximate surface area is 53.4 Å². The van der Waals surface area contributed by atoms with Crippen LogP contribution in [0.1, 0.15) is 0 Å². The Kier molecular flexibility index (Phi) is 3.48. The molecule has 0 spiro atoms. The molecule has 0 aromatic heterocycles. The highest BCUT2D eigenvalue weighted by molar-refractivity contribution is 8.15. The van der Waals surface area contributed by atoms with E-state index in [0.29, 0.717) is 0 Å². The summed E-state index contributed by atoms with van der Waals surface area (Å²) in [5.74, 6) is 0. The Balaban J connectivity index is 3.72. The molecule has 1 nitrogen and oxygen atoms in total. The zero-order valence-electron chi connectivity index (χ0n) is 4.73. The summed E-state index contributed by atoms with van der Waals surface area (Å²) in [5, 5.41) is 0. The van der Waals surface area contributed by atoms with Crippen LogP contribution >= 0.6 is 23.4 Å². The summed E-state index contributed by atoms with van der Waals surface area (Å²) in [6.45, 7) is 0.